The number of nitrogens with one attached hydrogen (secondary N) is 2. The van der Waals surface area contributed by atoms with Crippen LogP contribution in [-0.4, -0.2) is 16.5 Å². The summed E-state index contributed by atoms with van der Waals surface area (Å²) in [6, 6.07) is 3.32. The molecule has 0 bridgehead atoms. The Labute approximate surface area is 126 Å². The highest BCUT2D eigenvalue weighted by Crippen LogP contribution is 2.38. The number of benzene rings is 1. The zero-order valence-electron chi connectivity index (χ0n) is 10.0. The van der Waals surface area contributed by atoms with Gasteiger partial charge in [-0.3, -0.25) is 0 Å². The summed E-state index contributed by atoms with van der Waals surface area (Å²) in [6.45, 7) is 2.71. The second-order valence-corrected chi connectivity index (χ2v) is 4.91. The zero-order chi connectivity index (χ0) is 13.8. The second kappa shape index (κ2) is 6.39. The van der Waals surface area contributed by atoms with E-state index in [0.717, 1.165) is 12.1 Å². The third-order valence-corrected chi connectivity index (χ3v) is 3.40. The Hall–Kier alpha value is -1.07. The maximum absolute atomic E-state index is 6.21. The van der Waals surface area contributed by atoms with E-state index in [0.29, 0.717) is 26.4 Å². The van der Waals surface area contributed by atoms with Crippen LogP contribution in [0, 0.1) is 0 Å². The van der Waals surface area contributed by atoms with Crippen LogP contribution < -0.4 is 10.9 Å². The van der Waals surface area contributed by atoms with Gasteiger partial charge in [-0.1, -0.05) is 41.7 Å². The molecular weight excluding hydrogens is 307 g/mol. The van der Waals surface area contributed by atoms with E-state index >= 15 is 0 Å². The van der Waals surface area contributed by atoms with Gasteiger partial charge in [0.1, 0.15) is 6.33 Å². The number of rotatable bonds is 4. The molecule has 4 nitrogen and oxygen atoms in total. The van der Waals surface area contributed by atoms with Crippen molar-refractivity contribution < 1.29 is 0 Å². The third-order valence-electron chi connectivity index (χ3n) is 2.38. The van der Waals surface area contributed by atoms with Crippen molar-refractivity contribution in [1.82, 2.24) is 15.4 Å². The molecule has 7 heteroatoms. The fourth-order valence-corrected chi connectivity index (χ4v) is 2.25. The van der Waals surface area contributed by atoms with Crippen molar-refractivity contribution in [3.63, 3.8) is 0 Å². The van der Waals surface area contributed by atoms with Gasteiger partial charge in [0.05, 0.1) is 10.0 Å². The monoisotopic (exact) mass is 316 g/mol. The van der Waals surface area contributed by atoms with Crippen LogP contribution in [0.3, 0.4) is 0 Å². The maximum Gasteiger partial charge on any atom is 0.151 e. The van der Waals surface area contributed by atoms with Gasteiger partial charge < -0.3 is 5.43 Å². The quantitative estimate of drug-likeness (QED) is 0.660. The molecule has 0 saturated heterocycles. The van der Waals surface area contributed by atoms with Gasteiger partial charge in [0.25, 0.3) is 0 Å². The Kier molecular flexibility index (Phi) is 4.82. The highest BCUT2D eigenvalue weighted by atomic mass is 35.5. The van der Waals surface area contributed by atoms with Crippen LogP contribution in [0.15, 0.2) is 24.7 Å². The minimum Gasteiger partial charge on any atom is -0.305 e. The molecule has 0 radical (unpaired) electrons. The summed E-state index contributed by atoms with van der Waals surface area (Å²) >= 11 is 18.3. The lowest BCUT2D eigenvalue weighted by Crippen LogP contribution is -2.22. The molecule has 2 aromatic rings. The predicted octanol–water partition coefficient (Wildman–Crippen LogP) is 4.04. The molecule has 0 fully saturated rings. The van der Waals surface area contributed by atoms with E-state index in [2.05, 4.69) is 20.8 Å². The molecule has 0 aliphatic carbocycles. The standard InChI is InChI=1S/C12H11Cl3N4/c1-2-18-19-12-9(5-16-6-17-12)8-3-7(13)4-10(14)11(8)15/h3-6,18H,2H2,1H3,(H,16,17,19). The summed E-state index contributed by atoms with van der Waals surface area (Å²) in [5.74, 6) is 0.608. The molecule has 1 heterocycles. The summed E-state index contributed by atoms with van der Waals surface area (Å²) in [7, 11) is 0. The van der Waals surface area contributed by atoms with E-state index in [-0.39, 0.29) is 0 Å². The molecule has 0 amide bonds. The van der Waals surface area contributed by atoms with Crippen molar-refractivity contribution in [2.24, 2.45) is 0 Å². The highest BCUT2D eigenvalue weighted by molar-refractivity contribution is 6.45. The predicted molar refractivity (Wildman–Crippen MR) is 79.8 cm³/mol. The lowest BCUT2D eigenvalue weighted by molar-refractivity contribution is 0.835. The van der Waals surface area contributed by atoms with E-state index in [9.17, 15) is 0 Å². The number of hydrogen-bond acceptors (Lipinski definition) is 4. The minimum atomic E-state index is 0.391. The molecule has 1 aromatic carbocycles. The first-order chi connectivity index (χ1) is 9.13. The number of hydrogen-bond donors (Lipinski definition) is 2. The molecule has 0 aliphatic heterocycles. The molecule has 0 atom stereocenters. The lowest BCUT2D eigenvalue weighted by Gasteiger charge is -2.12. The number of nitrogens with zero attached hydrogens (tertiary/aromatic N) is 2. The van der Waals surface area contributed by atoms with Gasteiger partial charge in [0.15, 0.2) is 5.82 Å². The summed E-state index contributed by atoms with van der Waals surface area (Å²) in [5, 5.41) is 1.31. The SMILES string of the molecule is CCNNc1ncncc1-c1cc(Cl)cc(Cl)c1Cl. The Bertz CT molecular complexity index is 589. The van der Waals surface area contributed by atoms with Crippen LogP contribution in [-0.2, 0) is 0 Å². The van der Waals surface area contributed by atoms with Gasteiger partial charge in [-0.2, -0.15) is 0 Å². The Morgan fingerprint density at radius 3 is 2.68 bits per heavy atom. The molecule has 2 rings (SSSR count). The molecule has 100 valence electrons. The molecule has 19 heavy (non-hydrogen) atoms. The zero-order valence-corrected chi connectivity index (χ0v) is 12.3. The molecular formula is C12H11Cl3N4. The number of hydrazine groups is 1. The van der Waals surface area contributed by atoms with Gasteiger partial charge in [-0.05, 0) is 12.1 Å². The average molecular weight is 318 g/mol. The Morgan fingerprint density at radius 2 is 1.95 bits per heavy atom. The second-order valence-electron chi connectivity index (χ2n) is 3.69. The van der Waals surface area contributed by atoms with Crippen molar-refractivity contribution in [2.45, 2.75) is 6.92 Å². The first kappa shape index (κ1) is 14.3. The van der Waals surface area contributed by atoms with Crippen molar-refractivity contribution in [1.29, 1.82) is 0 Å². The van der Waals surface area contributed by atoms with Gasteiger partial charge in [0.2, 0.25) is 0 Å². The van der Waals surface area contributed by atoms with Crippen LogP contribution in [0.2, 0.25) is 15.1 Å². The molecule has 0 saturated carbocycles. The summed E-state index contributed by atoms with van der Waals surface area (Å²) in [4.78, 5) is 8.17. The maximum atomic E-state index is 6.21. The fourth-order valence-electron chi connectivity index (χ4n) is 1.55. The Balaban J connectivity index is 2.52. The third kappa shape index (κ3) is 3.28. The molecule has 0 unspecified atom stereocenters. The lowest BCUT2D eigenvalue weighted by atomic mass is 10.1. The van der Waals surface area contributed by atoms with Gasteiger partial charge in [0, 0.05) is 28.9 Å². The summed E-state index contributed by atoms with van der Waals surface area (Å²) < 4.78 is 0. The highest BCUT2D eigenvalue weighted by Gasteiger charge is 2.13. The molecule has 0 aliphatic rings. The van der Waals surface area contributed by atoms with Crippen LogP contribution in [0.25, 0.3) is 11.1 Å². The first-order valence-electron chi connectivity index (χ1n) is 5.57. The van der Waals surface area contributed by atoms with Crippen LogP contribution in [0.1, 0.15) is 6.92 Å². The smallest absolute Gasteiger partial charge is 0.151 e. The topological polar surface area (TPSA) is 49.8 Å². The van der Waals surface area contributed by atoms with Gasteiger partial charge >= 0.3 is 0 Å². The summed E-state index contributed by atoms with van der Waals surface area (Å²) in [5.41, 5.74) is 7.36. The number of anilines is 1. The van der Waals surface area contributed by atoms with Crippen LogP contribution in [0.5, 0.6) is 0 Å². The van der Waals surface area contributed by atoms with E-state index in [4.69, 9.17) is 34.8 Å². The van der Waals surface area contributed by atoms with Crippen molar-refractivity contribution >= 4 is 40.6 Å². The molecule has 1 aromatic heterocycles. The van der Waals surface area contributed by atoms with Crippen molar-refractivity contribution in [3.8, 4) is 11.1 Å². The first-order valence-corrected chi connectivity index (χ1v) is 6.70. The number of aromatic nitrogens is 2. The molecule has 2 N–H and O–H groups in total. The van der Waals surface area contributed by atoms with Gasteiger partial charge in [-0.25, -0.2) is 15.4 Å². The normalized spacial score (nSPS) is 10.5. The summed E-state index contributed by atoms with van der Waals surface area (Å²) in [6.07, 6.45) is 3.10. The van der Waals surface area contributed by atoms with E-state index in [1.165, 1.54) is 6.33 Å². The van der Waals surface area contributed by atoms with Crippen LogP contribution >= 0.6 is 34.8 Å². The average Bonchev–Trinajstić information content (AvgIpc) is 2.41. The van der Waals surface area contributed by atoms with Crippen LogP contribution in [0.4, 0.5) is 5.82 Å². The van der Waals surface area contributed by atoms with Gasteiger partial charge in [-0.15, -0.1) is 0 Å². The largest absolute Gasteiger partial charge is 0.305 e. The van der Waals surface area contributed by atoms with E-state index < -0.39 is 0 Å². The van der Waals surface area contributed by atoms with E-state index in [1.54, 1.807) is 18.3 Å². The minimum absolute atomic E-state index is 0.391. The van der Waals surface area contributed by atoms with E-state index in [1.807, 2.05) is 6.92 Å². The van der Waals surface area contributed by atoms with Crippen molar-refractivity contribution in [2.75, 3.05) is 12.0 Å². The number of halogens is 3. The Morgan fingerprint density at radius 1 is 1.16 bits per heavy atom. The molecule has 0 spiro atoms. The fraction of sp³-hybridized carbons (Fsp3) is 0.167. The van der Waals surface area contributed by atoms with Crippen molar-refractivity contribution in [3.05, 3.63) is 39.7 Å².